The van der Waals surface area contributed by atoms with E-state index in [1.807, 2.05) is 6.07 Å². The molecule has 2 rings (SSSR count). The van der Waals surface area contributed by atoms with Crippen LogP contribution in [-0.2, 0) is 4.79 Å². The number of carboxylic acids is 1. The molecule has 0 radical (unpaired) electrons. The smallest absolute Gasteiger partial charge is 0.341 e. The van der Waals surface area contributed by atoms with Gasteiger partial charge < -0.3 is 20.9 Å². The van der Waals surface area contributed by atoms with E-state index in [0.717, 1.165) is 18.5 Å². The Kier molecular flexibility index (Phi) is 4.84. The first-order valence-corrected chi connectivity index (χ1v) is 7.76. The van der Waals surface area contributed by atoms with E-state index in [-0.39, 0.29) is 6.61 Å². The van der Waals surface area contributed by atoms with Crippen molar-refractivity contribution >= 4 is 17.3 Å². The molecule has 1 fully saturated rings. The van der Waals surface area contributed by atoms with Crippen LogP contribution in [0, 0.1) is 11.3 Å². The quantitative estimate of drug-likeness (QED) is 0.726. The Morgan fingerprint density at radius 2 is 2.18 bits per heavy atom. The lowest BCUT2D eigenvalue weighted by Crippen LogP contribution is -2.35. The highest BCUT2D eigenvalue weighted by Gasteiger charge is 2.32. The van der Waals surface area contributed by atoms with Gasteiger partial charge in [0.05, 0.1) is 11.4 Å². The number of hydrogen-bond acceptors (Lipinski definition) is 4. The summed E-state index contributed by atoms with van der Waals surface area (Å²) in [4.78, 5) is 10.5. The van der Waals surface area contributed by atoms with Crippen LogP contribution in [0.1, 0.15) is 40.0 Å². The van der Waals surface area contributed by atoms with Crippen LogP contribution in [0.15, 0.2) is 18.2 Å². The van der Waals surface area contributed by atoms with E-state index in [4.69, 9.17) is 15.6 Å². The first-order chi connectivity index (χ1) is 10.2. The fraction of sp³-hybridized carbons (Fsp3) is 0.588. The maximum absolute atomic E-state index is 10.5. The zero-order valence-corrected chi connectivity index (χ0v) is 13.6. The lowest BCUT2D eigenvalue weighted by atomic mass is 9.70. The summed E-state index contributed by atoms with van der Waals surface area (Å²) in [5.74, 6) is 0.169. The molecule has 1 saturated carbocycles. The van der Waals surface area contributed by atoms with Gasteiger partial charge in [-0.05, 0) is 42.7 Å². The molecular weight excluding hydrogens is 280 g/mol. The molecule has 4 N–H and O–H groups in total. The lowest BCUT2D eigenvalue weighted by Gasteiger charge is -2.39. The molecule has 0 amide bonds. The number of hydrogen-bond donors (Lipinski definition) is 3. The zero-order chi connectivity index (χ0) is 16.3. The third-order valence-electron chi connectivity index (χ3n) is 4.13. The van der Waals surface area contributed by atoms with Gasteiger partial charge in [-0.25, -0.2) is 4.79 Å². The van der Waals surface area contributed by atoms with Crippen LogP contribution in [0.3, 0.4) is 0 Å². The summed E-state index contributed by atoms with van der Waals surface area (Å²) in [5, 5.41) is 12.2. The highest BCUT2D eigenvalue weighted by atomic mass is 16.5. The first-order valence-electron chi connectivity index (χ1n) is 7.76. The molecule has 5 nitrogen and oxygen atoms in total. The van der Waals surface area contributed by atoms with Gasteiger partial charge in [-0.3, -0.25) is 0 Å². The third-order valence-corrected chi connectivity index (χ3v) is 4.13. The lowest BCUT2D eigenvalue weighted by molar-refractivity contribution is -0.139. The van der Waals surface area contributed by atoms with E-state index in [9.17, 15) is 4.79 Å². The molecule has 0 saturated heterocycles. The molecule has 0 aromatic heterocycles. The van der Waals surface area contributed by atoms with Crippen LogP contribution in [-0.4, -0.2) is 23.7 Å². The van der Waals surface area contributed by atoms with Gasteiger partial charge in [-0.15, -0.1) is 0 Å². The number of carbonyl (C=O) groups is 1. The molecule has 0 heterocycles. The van der Waals surface area contributed by atoms with Crippen molar-refractivity contribution in [1.29, 1.82) is 0 Å². The van der Waals surface area contributed by atoms with Crippen molar-refractivity contribution in [2.24, 2.45) is 11.3 Å². The average molecular weight is 306 g/mol. The van der Waals surface area contributed by atoms with Crippen LogP contribution in [0.5, 0.6) is 5.75 Å². The Morgan fingerprint density at radius 1 is 1.45 bits per heavy atom. The van der Waals surface area contributed by atoms with Crippen LogP contribution < -0.4 is 15.8 Å². The van der Waals surface area contributed by atoms with Crippen molar-refractivity contribution in [3.63, 3.8) is 0 Å². The minimum Gasteiger partial charge on any atom is -0.482 e. The van der Waals surface area contributed by atoms with E-state index in [1.54, 1.807) is 12.1 Å². The molecule has 0 spiro atoms. The molecule has 22 heavy (non-hydrogen) atoms. The van der Waals surface area contributed by atoms with Crippen molar-refractivity contribution < 1.29 is 14.6 Å². The molecule has 1 aliphatic carbocycles. The topological polar surface area (TPSA) is 84.6 Å². The molecule has 0 unspecified atom stereocenters. The Balaban J connectivity index is 2.02. The Morgan fingerprint density at radius 3 is 2.77 bits per heavy atom. The molecule has 0 bridgehead atoms. The number of nitrogen functional groups attached to an aromatic ring is 1. The van der Waals surface area contributed by atoms with Crippen molar-refractivity contribution in [1.82, 2.24) is 0 Å². The van der Waals surface area contributed by atoms with Crippen LogP contribution in [0.25, 0.3) is 0 Å². The second-order valence-corrected chi connectivity index (χ2v) is 7.19. The van der Waals surface area contributed by atoms with Crippen LogP contribution in [0.4, 0.5) is 11.4 Å². The molecule has 2 atom stereocenters. The largest absolute Gasteiger partial charge is 0.482 e. The zero-order valence-electron chi connectivity index (χ0n) is 13.6. The van der Waals surface area contributed by atoms with Crippen molar-refractivity contribution in [2.75, 3.05) is 17.7 Å². The maximum atomic E-state index is 10.5. The van der Waals surface area contributed by atoms with Crippen LogP contribution in [0.2, 0.25) is 0 Å². The standard InChI is InChI=1S/C17H26N2O3/c1-11-6-12(9-17(2,3)8-11)19-15-5-4-13(7-14(15)18)22-10-16(20)21/h4-5,7,11-12,19H,6,8-10,18H2,1-3H3,(H,20,21)/t11-,12+/m0/s1. The molecule has 0 aliphatic heterocycles. The fourth-order valence-electron chi connectivity index (χ4n) is 3.58. The normalized spacial score (nSPS) is 23.8. The predicted molar refractivity (Wildman–Crippen MR) is 88.2 cm³/mol. The van der Waals surface area contributed by atoms with E-state index < -0.39 is 5.97 Å². The van der Waals surface area contributed by atoms with Crippen molar-refractivity contribution in [3.05, 3.63) is 18.2 Å². The van der Waals surface area contributed by atoms with Gasteiger partial charge in [0.2, 0.25) is 0 Å². The number of rotatable bonds is 5. The number of benzene rings is 1. The summed E-state index contributed by atoms with van der Waals surface area (Å²) in [6.45, 7) is 6.55. The number of anilines is 2. The second kappa shape index (κ2) is 6.46. The van der Waals surface area contributed by atoms with Crippen LogP contribution >= 0.6 is 0 Å². The van der Waals surface area contributed by atoms with Gasteiger partial charge in [0.25, 0.3) is 0 Å². The highest BCUT2D eigenvalue weighted by Crippen LogP contribution is 2.40. The highest BCUT2D eigenvalue weighted by molar-refractivity contribution is 5.70. The van der Waals surface area contributed by atoms with Gasteiger partial charge in [0.15, 0.2) is 6.61 Å². The van der Waals surface area contributed by atoms with Gasteiger partial charge in [0.1, 0.15) is 5.75 Å². The Hall–Kier alpha value is -1.91. The minimum atomic E-state index is -1.00. The average Bonchev–Trinajstić information content (AvgIpc) is 2.36. The SMILES string of the molecule is C[C@H]1C[C@@H](Nc2ccc(OCC(=O)O)cc2N)CC(C)(C)C1. The van der Waals surface area contributed by atoms with Gasteiger partial charge in [0, 0.05) is 12.1 Å². The summed E-state index contributed by atoms with van der Waals surface area (Å²) in [5.41, 5.74) is 7.87. The maximum Gasteiger partial charge on any atom is 0.341 e. The van der Waals surface area contributed by atoms with Gasteiger partial charge in [-0.2, -0.15) is 0 Å². The van der Waals surface area contributed by atoms with E-state index >= 15 is 0 Å². The Bertz CT molecular complexity index is 543. The summed E-state index contributed by atoms with van der Waals surface area (Å²) in [7, 11) is 0. The molecule has 5 heteroatoms. The van der Waals surface area contributed by atoms with Crippen molar-refractivity contribution in [2.45, 2.75) is 46.1 Å². The summed E-state index contributed by atoms with van der Waals surface area (Å²) >= 11 is 0. The molecule has 122 valence electrons. The fourth-order valence-corrected chi connectivity index (χ4v) is 3.58. The molecule has 1 aromatic rings. The van der Waals surface area contributed by atoms with E-state index in [1.165, 1.54) is 6.42 Å². The van der Waals surface area contributed by atoms with Crippen molar-refractivity contribution in [3.8, 4) is 5.75 Å². The molecule has 1 aliphatic rings. The second-order valence-electron chi connectivity index (χ2n) is 7.19. The first kappa shape index (κ1) is 16.5. The summed E-state index contributed by atoms with van der Waals surface area (Å²) in [6.07, 6.45) is 3.51. The number of carboxylic acid groups (broad SMARTS) is 1. The number of nitrogens with one attached hydrogen (secondary N) is 1. The van der Waals surface area contributed by atoms with E-state index in [0.29, 0.717) is 28.8 Å². The Labute approximate surface area is 131 Å². The molecular formula is C17H26N2O3. The number of aliphatic carboxylic acids is 1. The summed E-state index contributed by atoms with van der Waals surface area (Å²) < 4.78 is 5.14. The third kappa shape index (κ3) is 4.55. The monoisotopic (exact) mass is 306 g/mol. The number of ether oxygens (including phenoxy) is 1. The minimum absolute atomic E-state index is 0.342. The van der Waals surface area contributed by atoms with Gasteiger partial charge in [-0.1, -0.05) is 20.8 Å². The molecule has 1 aromatic carbocycles. The van der Waals surface area contributed by atoms with Gasteiger partial charge >= 0.3 is 5.97 Å². The summed E-state index contributed by atoms with van der Waals surface area (Å²) in [6, 6.07) is 5.69. The number of nitrogens with two attached hydrogens (primary N) is 1. The predicted octanol–water partition coefficient (Wildman–Crippen LogP) is 3.36. The van der Waals surface area contributed by atoms with E-state index in [2.05, 4.69) is 26.1 Å².